The van der Waals surface area contributed by atoms with Crippen molar-refractivity contribution in [2.75, 3.05) is 0 Å². The van der Waals surface area contributed by atoms with Gasteiger partial charge in [0.15, 0.2) is 0 Å². The fourth-order valence-corrected chi connectivity index (χ4v) is 2.46. The van der Waals surface area contributed by atoms with Gasteiger partial charge < -0.3 is 9.47 Å². The van der Waals surface area contributed by atoms with Gasteiger partial charge in [-0.1, -0.05) is 36.4 Å². The summed E-state index contributed by atoms with van der Waals surface area (Å²) in [6.45, 7) is 0. The summed E-state index contributed by atoms with van der Waals surface area (Å²) < 4.78 is 11.7. The number of non-ortho nitro benzene ring substituents is 1. The summed E-state index contributed by atoms with van der Waals surface area (Å²) in [6.07, 6.45) is 0. The zero-order valence-electron chi connectivity index (χ0n) is 14.0. The Bertz CT molecular complexity index is 1100. The fraction of sp³-hybridized carbons (Fsp3) is 0. The van der Waals surface area contributed by atoms with Crippen molar-refractivity contribution >= 4 is 16.7 Å². The molecule has 1 heterocycles. The third-order valence-electron chi connectivity index (χ3n) is 3.71. The summed E-state index contributed by atoms with van der Waals surface area (Å²) in [5.41, 5.74) is 0.738. The minimum atomic E-state index is -0.479. The molecule has 7 heteroatoms. The van der Waals surface area contributed by atoms with Gasteiger partial charge in [0, 0.05) is 12.1 Å². The van der Waals surface area contributed by atoms with Crippen molar-refractivity contribution in [2.45, 2.75) is 0 Å². The van der Waals surface area contributed by atoms with Crippen LogP contribution in [0.5, 0.6) is 23.3 Å². The van der Waals surface area contributed by atoms with E-state index in [1.54, 1.807) is 24.3 Å². The van der Waals surface area contributed by atoms with Crippen LogP contribution < -0.4 is 9.47 Å². The summed E-state index contributed by atoms with van der Waals surface area (Å²) >= 11 is 0. The van der Waals surface area contributed by atoms with Crippen molar-refractivity contribution in [3.63, 3.8) is 0 Å². The predicted molar refractivity (Wildman–Crippen MR) is 99.2 cm³/mol. The van der Waals surface area contributed by atoms with Crippen LogP contribution in [0.25, 0.3) is 11.0 Å². The normalized spacial score (nSPS) is 10.5. The fourth-order valence-electron chi connectivity index (χ4n) is 2.46. The van der Waals surface area contributed by atoms with Crippen LogP contribution in [0.2, 0.25) is 0 Å². The number of para-hydroxylation sites is 2. The predicted octanol–water partition coefficient (Wildman–Crippen LogP) is 5.12. The van der Waals surface area contributed by atoms with Gasteiger partial charge in [-0.25, -0.2) is 9.97 Å². The Morgan fingerprint density at radius 1 is 0.704 bits per heavy atom. The van der Waals surface area contributed by atoms with Crippen LogP contribution in [-0.2, 0) is 0 Å². The largest absolute Gasteiger partial charge is 0.435 e. The molecule has 0 fully saturated rings. The Labute approximate surface area is 154 Å². The molecule has 27 heavy (non-hydrogen) atoms. The van der Waals surface area contributed by atoms with Gasteiger partial charge in [0.05, 0.1) is 16.0 Å². The maximum absolute atomic E-state index is 11.0. The molecule has 3 aromatic carbocycles. The van der Waals surface area contributed by atoms with E-state index in [0.29, 0.717) is 22.5 Å². The molecule has 0 aliphatic heterocycles. The minimum Gasteiger partial charge on any atom is -0.435 e. The first-order valence-electron chi connectivity index (χ1n) is 8.11. The highest BCUT2D eigenvalue weighted by atomic mass is 16.6. The zero-order valence-corrected chi connectivity index (χ0v) is 14.0. The van der Waals surface area contributed by atoms with Gasteiger partial charge in [-0.15, -0.1) is 0 Å². The molecule has 0 bridgehead atoms. The third-order valence-corrected chi connectivity index (χ3v) is 3.71. The second kappa shape index (κ2) is 7.09. The highest BCUT2D eigenvalue weighted by molar-refractivity contribution is 5.78. The molecule has 7 nitrogen and oxygen atoms in total. The van der Waals surface area contributed by atoms with Gasteiger partial charge in [0.25, 0.3) is 17.4 Å². The van der Waals surface area contributed by atoms with Gasteiger partial charge >= 0.3 is 0 Å². The zero-order chi connectivity index (χ0) is 18.6. The Morgan fingerprint density at radius 3 is 1.74 bits per heavy atom. The van der Waals surface area contributed by atoms with Gasteiger partial charge in [0.1, 0.15) is 11.5 Å². The van der Waals surface area contributed by atoms with Gasteiger partial charge in [-0.3, -0.25) is 10.1 Å². The first-order valence-corrected chi connectivity index (χ1v) is 8.11. The summed E-state index contributed by atoms with van der Waals surface area (Å²) in [5.74, 6) is 1.42. The monoisotopic (exact) mass is 359 g/mol. The van der Waals surface area contributed by atoms with Crippen LogP contribution in [0.4, 0.5) is 5.69 Å². The molecule has 0 aliphatic rings. The molecule has 4 aromatic rings. The van der Waals surface area contributed by atoms with Crippen LogP contribution in [-0.4, -0.2) is 14.9 Å². The number of rotatable bonds is 5. The Kier molecular flexibility index (Phi) is 4.32. The van der Waals surface area contributed by atoms with Crippen LogP contribution >= 0.6 is 0 Å². The molecule has 0 aliphatic carbocycles. The number of nitro groups is 1. The standard InChI is InChI=1S/C20H13N3O4/c24-23(25)14-11-12-17-18(13-14)22-20(27-16-9-5-2-6-10-16)19(21-17)26-15-7-3-1-4-8-15/h1-13H. The lowest BCUT2D eigenvalue weighted by Crippen LogP contribution is -1.98. The smallest absolute Gasteiger partial charge is 0.284 e. The van der Waals surface area contributed by atoms with Crippen LogP contribution in [0.15, 0.2) is 78.9 Å². The number of fused-ring (bicyclic) bond motifs is 1. The number of ether oxygens (including phenoxy) is 2. The van der Waals surface area contributed by atoms with E-state index < -0.39 is 4.92 Å². The lowest BCUT2D eigenvalue weighted by molar-refractivity contribution is -0.384. The topological polar surface area (TPSA) is 87.4 Å². The average Bonchev–Trinajstić information content (AvgIpc) is 2.69. The van der Waals surface area contributed by atoms with Crippen molar-refractivity contribution in [2.24, 2.45) is 0 Å². The number of nitrogens with zero attached hydrogens (tertiary/aromatic N) is 3. The molecule has 0 saturated heterocycles. The molecule has 0 unspecified atom stereocenters. The lowest BCUT2D eigenvalue weighted by atomic mass is 10.2. The van der Waals surface area contributed by atoms with Gasteiger partial charge in [-0.05, 0) is 30.3 Å². The third kappa shape index (κ3) is 3.67. The molecule has 1 aromatic heterocycles. The van der Waals surface area contributed by atoms with Crippen LogP contribution in [0.1, 0.15) is 0 Å². The van der Waals surface area contributed by atoms with Gasteiger partial charge in [-0.2, -0.15) is 0 Å². The van der Waals surface area contributed by atoms with Gasteiger partial charge in [0.2, 0.25) is 0 Å². The van der Waals surface area contributed by atoms with E-state index >= 15 is 0 Å². The van der Waals surface area contributed by atoms with Crippen LogP contribution in [0.3, 0.4) is 0 Å². The molecular formula is C20H13N3O4. The number of hydrogen-bond acceptors (Lipinski definition) is 6. The lowest BCUT2D eigenvalue weighted by Gasteiger charge is -2.11. The molecule has 0 atom stereocenters. The SMILES string of the molecule is O=[N+]([O-])c1ccc2nc(Oc3ccccc3)c(Oc3ccccc3)nc2c1. The Balaban J connectivity index is 1.81. The van der Waals surface area contributed by atoms with Crippen molar-refractivity contribution < 1.29 is 14.4 Å². The Hall–Kier alpha value is -4.00. The van der Waals surface area contributed by atoms with E-state index in [-0.39, 0.29) is 17.4 Å². The van der Waals surface area contributed by atoms with E-state index in [1.807, 2.05) is 36.4 Å². The second-order valence-electron chi connectivity index (χ2n) is 5.59. The number of nitro benzene ring substituents is 1. The number of benzene rings is 3. The quantitative estimate of drug-likeness (QED) is 0.363. The van der Waals surface area contributed by atoms with E-state index in [1.165, 1.54) is 18.2 Å². The molecule has 0 saturated carbocycles. The van der Waals surface area contributed by atoms with Crippen molar-refractivity contribution in [1.82, 2.24) is 9.97 Å². The molecule has 4 rings (SSSR count). The summed E-state index contributed by atoms with van der Waals surface area (Å²) in [7, 11) is 0. The molecule has 0 radical (unpaired) electrons. The van der Waals surface area contributed by atoms with Crippen molar-refractivity contribution in [3.05, 3.63) is 89.0 Å². The van der Waals surface area contributed by atoms with E-state index in [2.05, 4.69) is 9.97 Å². The first kappa shape index (κ1) is 16.5. The average molecular weight is 359 g/mol. The van der Waals surface area contributed by atoms with Crippen LogP contribution in [0, 0.1) is 10.1 Å². The highest BCUT2D eigenvalue weighted by Gasteiger charge is 2.16. The number of hydrogen-bond donors (Lipinski definition) is 0. The minimum absolute atomic E-state index is 0.0702. The maximum Gasteiger partial charge on any atom is 0.284 e. The Morgan fingerprint density at radius 2 is 1.22 bits per heavy atom. The molecule has 132 valence electrons. The van der Waals surface area contributed by atoms with E-state index in [9.17, 15) is 10.1 Å². The summed E-state index contributed by atoms with van der Waals surface area (Å²) in [4.78, 5) is 19.4. The van der Waals surface area contributed by atoms with E-state index in [0.717, 1.165) is 0 Å². The summed E-state index contributed by atoms with van der Waals surface area (Å²) in [5, 5.41) is 11.0. The molecule has 0 N–H and O–H groups in total. The van der Waals surface area contributed by atoms with E-state index in [4.69, 9.17) is 9.47 Å². The second-order valence-corrected chi connectivity index (χ2v) is 5.59. The molecule has 0 spiro atoms. The van der Waals surface area contributed by atoms with Crippen molar-refractivity contribution in [1.29, 1.82) is 0 Å². The van der Waals surface area contributed by atoms with Crippen molar-refractivity contribution in [3.8, 4) is 23.3 Å². The first-order chi connectivity index (χ1) is 13.2. The maximum atomic E-state index is 11.0. The highest BCUT2D eigenvalue weighted by Crippen LogP contribution is 2.33. The summed E-state index contributed by atoms with van der Waals surface area (Å²) in [6, 6.07) is 22.4. The molecule has 0 amide bonds. The number of aromatic nitrogens is 2. The molecular weight excluding hydrogens is 346 g/mol.